The van der Waals surface area contributed by atoms with Crippen LogP contribution >= 0.6 is 0 Å². The van der Waals surface area contributed by atoms with Gasteiger partial charge in [-0.05, 0) is 23.8 Å². The summed E-state index contributed by atoms with van der Waals surface area (Å²) in [6.45, 7) is 0. The molecule has 2 rings (SSSR count). The third-order valence-electron chi connectivity index (χ3n) is 3.00. The largest absolute Gasteiger partial charge is 0.416 e. The van der Waals surface area contributed by atoms with Crippen LogP contribution in [0.4, 0.5) is 19.0 Å². The summed E-state index contributed by atoms with van der Waals surface area (Å²) in [4.78, 5) is 5.80. The number of anilines is 1. The lowest BCUT2D eigenvalue weighted by Gasteiger charge is -2.16. The summed E-state index contributed by atoms with van der Waals surface area (Å²) in [5.41, 5.74) is 0.752. The van der Waals surface area contributed by atoms with E-state index < -0.39 is 11.7 Å². The van der Waals surface area contributed by atoms with Crippen molar-refractivity contribution in [3.63, 3.8) is 0 Å². The number of rotatable bonds is 3. The molecule has 2 N–H and O–H groups in total. The minimum Gasteiger partial charge on any atom is -0.363 e. The second-order valence-corrected chi connectivity index (χ2v) is 4.90. The second-order valence-electron chi connectivity index (χ2n) is 4.90. The van der Waals surface area contributed by atoms with Crippen molar-refractivity contribution >= 4 is 12.0 Å². The van der Waals surface area contributed by atoms with Crippen molar-refractivity contribution in [3.8, 4) is 11.3 Å². The van der Waals surface area contributed by atoms with Crippen LogP contribution in [0.2, 0.25) is 0 Å². The summed E-state index contributed by atoms with van der Waals surface area (Å²) < 4.78 is 39.1. The Bertz CT molecular complexity index is 693. The van der Waals surface area contributed by atoms with Crippen molar-refractivity contribution < 1.29 is 13.2 Å². The van der Waals surface area contributed by atoms with E-state index >= 15 is 0 Å². The van der Waals surface area contributed by atoms with Crippen LogP contribution < -0.4 is 10.7 Å². The van der Waals surface area contributed by atoms with E-state index in [1.807, 2.05) is 0 Å². The molecule has 0 saturated carbocycles. The zero-order valence-electron chi connectivity index (χ0n) is 12.1. The highest BCUT2D eigenvalue weighted by Gasteiger charge is 2.32. The van der Waals surface area contributed by atoms with Gasteiger partial charge in [-0.1, -0.05) is 18.2 Å². The lowest BCUT2D eigenvalue weighted by Crippen LogP contribution is -2.14. The summed E-state index contributed by atoms with van der Waals surface area (Å²) in [7, 11) is 3.29. The zero-order chi connectivity index (χ0) is 16.3. The molecule has 0 aliphatic carbocycles. The fourth-order valence-corrected chi connectivity index (χ4v) is 1.92. The number of alkyl halides is 3. The summed E-state index contributed by atoms with van der Waals surface area (Å²) in [6.07, 6.45) is -3.01. The van der Waals surface area contributed by atoms with Crippen molar-refractivity contribution in [2.24, 2.45) is 10.9 Å². The SMILES string of the molecule is CN(C)c1cc(C(F)(F)F)cc(-c2cccc(/C=N/N)c2)n1. The van der Waals surface area contributed by atoms with Crippen LogP contribution in [0.5, 0.6) is 0 Å². The van der Waals surface area contributed by atoms with E-state index in [0.717, 1.165) is 12.1 Å². The molecule has 0 aliphatic rings. The van der Waals surface area contributed by atoms with Crippen molar-refractivity contribution in [1.82, 2.24) is 4.98 Å². The van der Waals surface area contributed by atoms with Gasteiger partial charge < -0.3 is 10.7 Å². The van der Waals surface area contributed by atoms with Gasteiger partial charge in [0.1, 0.15) is 5.82 Å². The molecule has 0 radical (unpaired) electrons. The third-order valence-corrected chi connectivity index (χ3v) is 3.00. The molecule has 1 aromatic heterocycles. The van der Waals surface area contributed by atoms with Gasteiger partial charge in [0.2, 0.25) is 0 Å². The zero-order valence-corrected chi connectivity index (χ0v) is 12.1. The monoisotopic (exact) mass is 308 g/mol. The number of hydrazone groups is 1. The molecular weight excluding hydrogens is 293 g/mol. The molecule has 2 aromatic rings. The van der Waals surface area contributed by atoms with Gasteiger partial charge in [-0.2, -0.15) is 18.3 Å². The van der Waals surface area contributed by atoms with Gasteiger partial charge in [0.05, 0.1) is 17.5 Å². The number of hydrogen-bond donors (Lipinski definition) is 1. The lowest BCUT2D eigenvalue weighted by molar-refractivity contribution is -0.137. The molecule has 0 aliphatic heterocycles. The molecule has 0 amide bonds. The average molecular weight is 308 g/mol. The number of nitrogens with zero attached hydrogens (tertiary/aromatic N) is 3. The molecule has 116 valence electrons. The first kappa shape index (κ1) is 15.8. The van der Waals surface area contributed by atoms with Gasteiger partial charge >= 0.3 is 6.18 Å². The van der Waals surface area contributed by atoms with E-state index in [9.17, 15) is 13.2 Å². The van der Waals surface area contributed by atoms with E-state index in [0.29, 0.717) is 11.1 Å². The molecule has 0 fully saturated rings. The maximum Gasteiger partial charge on any atom is 0.416 e. The van der Waals surface area contributed by atoms with Crippen LogP contribution in [0.25, 0.3) is 11.3 Å². The predicted molar refractivity (Wildman–Crippen MR) is 80.8 cm³/mol. The molecule has 0 bridgehead atoms. The van der Waals surface area contributed by atoms with Gasteiger partial charge in [0.25, 0.3) is 0 Å². The Balaban J connectivity index is 2.59. The van der Waals surface area contributed by atoms with Crippen molar-refractivity contribution in [2.75, 3.05) is 19.0 Å². The molecule has 0 atom stereocenters. The fourth-order valence-electron chi connectivity index (χ4n) is 1.92. The summed E-state index contributed by atoms with van der Waals surface area (Å²) in [5, 5.41) is 3.41. The van der Waals surface area contributed by atoms with Crippen LogP contribution in [-0.2, 0) is 6.18 Å². The van der Waals surface area contributed by atoms with Gasteiger partial charge in [-0.15, -0.1) is 0 Å². The Hall–Kier alpha value is -2.57. The van der Waals surface area contributed by atoms with E-state index in [1.54, 1.807) is 38.4 Å². The first-order valence-electron chi connectivity index (χ1n) is 6.41. The first-order valence-corrected chi connectivity index (χ1v) is 6.41. The predicted octanol–water partition coefficient (Wildman–Crippen LogP) is 3.13. The van der Waals surface area contributed by atoms with Crippen LogP contribution in [0, 0.1) is 0 Å². The maximum absolute atomic E-state index is 13.0. The van der Waals surface area contributed by atoms with E-state index in [4.69, 9.17) is 5.84 Å². The molecule has 0 saturated heterocycles. The van der Waals surface area contributed by atoms with E-state index in [-0.39, 0.29) is 11.5 Å². The number of pyridine rings is 1. The highest BCUT2D eigenvalue weighted by molar-refractivity contribution is 5.82. The fraction of sp³-hybridized carbons (Fsp3) is 0.200. The van der Waals surface area contributed by atoms with Crippen molar-refractivity contribution in [2.45, 2.75) is 6.18 Å². The Labute approximate surface area is 126 Å². The molecule has 1 heterocycles. The normalized spacial score (nSPS) is 11.9. The number of halogens is 3. The molecule has 22 heavy (non-hydrogen) atoms. The number of hydrogen-bond acceptors (Lipinski definition) is 4. The van der Waals surface area contributed by atoms with Crippen LogP contribution in [0.3, 0.4) is 0 Å². The Morgan fingerprint density at radius 1 is 1.18 bits per heavy atom. The number of nitrogens with two attached hydrogens (primary N) is 1. The molecule has 1 aromatic carbocycles. The van der Waals surface area contributed by atoms with Gasteiger partial charge in [0, 0.05) is 19.7 Å². The van der Waals surface area contributed by atoms with Crippen molar-refractivity contribution in [1.29, 1.82) is 0 Å². The van der Waals surface area contributed by atoms with E-state index in [2.05, 4.69) is 10.1 Å². The quantitative estimate of drug-likeness (QED) is 0.538. The smallest absolute Gasteiger partial charge is 0.363 e. The Kier molecular flexibility index (Phi) is 4.35. The average Bonchev–Trinajstić information content (AvgIpc) is 2.46. The highest BCUT2D eigenvalue weighted by Crippen LogP contribution is 2.33. The molecule has 7 heteroatoms. The van der Waals surface area contributed by atoms with Crippen LogP contribution in [-0.4, -0.2) is 25.3 Å². The minimum absolute atomic E-state index is 0.239. The highest BCUT2D eigenvalue weighted by atomic mass is 19.4. The second kappa shape index (κ2) is 6.05. The Morgan fingerprint density at radius 3 is 2.50 bits per heavy atom. The van der Waals surface area contributed by atoms with E-state index in [1.165, 1.54) is 11.1 Å². The topological polar surface area (TPSA) is 54.5 Å². The summed E-state index contributed by atoms with van der Waals surface area (Å²) in [5.74, 6) is 5.33. The maximum atomic E-state index is 13.0. The Morgan fingerprint density at radius 2 is 1.91 bits per heavy atom. The number of benzene rings is 1. The van der Waals surface area contributed by atoms with Gasteiger partial charge in [-0.3, -0.25) is 0 Å². The van der Waals surface area contributed by atoms with Crippen LogP contribution in [0.1, 0.15) is 11.1 Å². The molecule has 4 nitrogen and oxygen atoms in total. The van der Waals surface area contributed by atoms with Gasteiger partial charge in [0.15, 0.2) is 0 Å². The first-order chi connectivity index (χ1) is 10.3. The minimum atomic E-state index is -4.43. The van der Waals surface area contributed by atoms with Crippen LogP contribution in [0.15, 0.2) is 41.5 Å². The van der Waals surface area contributed by atoms with Gasteiger partial charge in [-0.25, -0.2) is 4.98 Å². The standard InChI is InChI=1S/C15H15F3N4/c1-22(2)14-8-12(15(16,17)18)7-13(21-14)11-5-3-4-10(6-11)9-20-19/h3-9H,19H2,1-2H3/b20-9+. The number of aromatic nitrogens is 1. The molecule has 0 spiro atoms. The summed E-state index contributed by atoms with van der Waals surface area (Å²) >= 11 is 0. The summed E-state index contributed by atoms with van der Waals surface area (Å²) in [6, 6.07) is 8.89. The molecular formula is C15H15F3N4. The molecule has 0 unspecified atom stereocenters. The van der Waals surface area contributed by atoms with Crippen molar-refractivity contribution in [3.05, 3.63) is 47.5 Å². The lowest BCUT2D eigenvalue weighted by atomic mass is 10.1. The third kappa shape index (κ3) is 3.55.